The van der Waals surface area contributed by atoms with Crippen molar-refractivity contribution in [1.82, 2.24) is 21.3 Å². The summed E-state index contributed by atoms with van der Waals surface area (Å²) in [6.45, 7) is 22.0. The Hall–Kier alpha value is -5.38. The summed E-state index contributed by atoms with van der Waals surface area (Å²) in [6, 6.07) is 18.9. The molecule has 10 heteroatoms. The summed E-state index contributed by atoms with van der Waals surface area (Å²) in [5.41, 5.74) is 10.3. The van der Waals surface area contributed by atoms with Crippen LogP contribution in [0.5, 0.6) is 0 Å². The standard InChI is InChI=1S/2C12H15NO.2C11H12FNO/c1-12(2,3)9-5-4-8-7-13-11(14)10(8)6-9;1-7(2)9-4-5-10-8(3)13-12(14)11(10)6-9;1-6(2)8-4-9-7(3-10(8)12)5-13-11(9)14;1-6(2)7-3-8-9(10(12)4-7)5-13-11(8)14/h4-6H,7H2,1-3H3,(H,13,14);4-8H,1-3H3,(H,13,14);2*3-4,6H,5H2,1-2H3,(H,13,14)/t;8-;;/m.0../s1. The van der Waals surface area contributed by atoms with Gasteiger partial charge < -0.3 is 21.3 Å². The van der Waals surface area contributed by atoms with Gasteiger partial charge in [0.1, 0.15) is 11.6 Å². The van der Waals surface area contributed by atoms with E-state index < -0.39 is 0 Å². The molecule has 4 aliphatic rings. The molecule has 296 valence electrons. The molecular formula is C46H54F2N4O4. The first-order chi connectivity index (χ1) is 26.3. The fourth-order valence-electron chi connectivity index (χ4n) is 6.88. The summed E-state index contributed by atoms with van der Waals surface area (Å²) >= 11 is 0. The van der Waals surface area contributed by atoms with Gasteiger partial charge in [0.15, 0.2) is 0 Å². The van der Waals surface area contributed by atoms with E-state index in [1.165, 1.54) is 23.3 Å². The second-order valence-corrected chi connectivity index (χ2v) is 16.7. The van der Waals surface area contributed by atoms with Crippen molar-refractivity contribution in [3.05, 3.63) is 139 Å². The molecule has 0 fully saturated rings. The third kappa shape index (κ3) is 9.18. The average molecular weight is 765 g/mol. The first-order valence-electron chi connectivity index (χ1n) is 19.3. The van der Waals surface area contributed by atoms with Gasteiger partial charge in [-0.15, -0.1) is 0 Å². The van der Waals surface area contributed by atoms with Crippen LogP contribution in [0, 0.1) is 11.6 Å². The van der Waals surface area contributed by atoms with Gasteiger partial charge in [-0.25, -0.2) is 8.78 Å². The van der Waals surface area contributed by atoms with E-state index in [2.05, 4.69) is 74.1 Å². The number of hydrogen-bond donors (Lipinski definition) is 4. The molecule has 56 heavy (non-hydrogen) atoms. The Morgan fingerprint density at radius 2 is 1.14 bits per heavy atom. The van der Waals surface area contributed by atoms with Crippen LogP contribution in [0.1, 0.15) is 179 Å². The molecule has 0 saturated carbocycles. The number of rotatable bonds is 3. The summed E-state index contributed by atoms with van der Waals surface area (Å²) < 4.78 is 27.0. The fraction of sp³-hybridized carbons (Fsp3) is 0.391. The van der Waals surface area contributed by atoms with Gasteiger partial charge in [-0.05, 0) is 105 Å². The lowest BCUT2D eigenvalue weighted by Gasteiger charge is -2.19. The van der Waals surface area contributed by atoms with Crippen molar-refractivity contribution in [3.63, 3.8) is 0 Å². The van der Waals surface area contributed by atoms with Gasteiger partial charge in [-0.2, -0.15) is 0 Å². The average Bonchev–Trinajstić information content (AvgIpc) is 3.89. The number of carbonyl (C=O) groups excluding carboxylic acids is 4. The lowest BCUT2D eigenvalue weighted by molar-refractivity contribution is 0.0951. The van der Waals surface area contributed by atoms with E-state index in [0.717, 1.165) is 33.4 Å². The van der Waals surface area contributed by atoms with E-state index in [4.69, 9.17) is 0 Å². The SMILES string of the molecule is CC(C)(C)c1ccc2c(c1)C(=O)NC2.CC(C)c1cc(F)c2c(c1)C(=O)NC2.CC(C)c1cc2c(cc1F)CNC2=O.CC(C)c1ccc2c(c1)C(=O)N[C@H]2C. The van der Waals surface area contributed by atoms with E-state index in [-0.39, 0.29) is 58.6 Å². The van der Waals surface area contributed by atoms with Gasteiger partial charge in [0.05, 0.1) is 6.04 Å². The summed E-state index contributed by atoms with van der Waals surface area (Å²) in [6.07, 6.45) is 0. The first-order valence-corrected chi connectivity index (χ1v) is 19.3. The Labute approximate surface area is 329 Å². The van der Waals surface area contributed by atoms with Gasteiger partial charge >= 0.3 is 0 Å². The molecule has 0 aliphatic carbocycles. The second kappa shape index (κ2) is 16.8. The van der Waals surface area contributed by atoms with Gasteiger partial charge in [0.25, 0.3) is 23.6 Å². The molecule has 0 spiro atoms. The Kier molecular flexibility index (Phi) is 12.5. The monoisotopic (exact) mass is 764 g/mol. The minimum Gasteiger partial charge on any atom is -0.348 e. The number of carbonyl (C=O) groups is 4. The summed E-state index contributed by atoms with van der Waals surface area (Å²) in [5, 5.41) is 11.0. The maximum Gasteiger partial charge on any atom is 0.252 e. The molecule has 0 unspecified atom stereocenters. The number of halogens is 2. The van der Waals surface area contributed by atoms with Crippen LogP contribution in [0.4, 0.5) is 8.78 Å². The zero-order valence-corrected chi connectivity index (χ0v) is 34.1. The maximum atomic E-state index is 13.5. The van der Waals surface area contributed by atoms with Gasteiger partial charge in [0.2, 0.25) is 0 Å². The molecule has 1 atom stereocenters. The van der Waals surface area contributed by atoms with Crippen LogP contribution in [0.25, 0.3) is 0 Å². The van der Waals surface area contributed by atoms with E-state index in [9.17, 15) is 28.0 Å². The van der Waals surface area contributed by atoms with Crippen molar-refractivity contribution in [2.45, 2.75) is 118 Å². The molecule has 0 radical (unpaired) electrons. The molecule has 0 bridgehead atoms. The lowest BCUT2D eigenvalue weighted by Crippen LogP contribution is -2.16. The van der Waals surface area contributed by atoms with Crippen LogP contribution in [-0.4, -0.2) is 23.6 Å². The van der Waals surface area contributed by atoms with Crippen molar-refractivity contribution in [2.75, 3.05) is 0 Å². The molecular weight excluding hydrogens is 711 g/mol. The predicted molar refractivity (Wildman–Crippen MR) is 216 cm³/mol. The van der Waals surface area contributed by atoms with Gasteiger partial charge in [0, 0.05) is 47.5 Å². The Morgan fingerprint density at radius 1 is 0.571 bits per heavy atom. The summed E-state index contributed by atoms with van der Waals surface area (Å²) in [5.74, 6) is 0.199. The minimum atomic E-state index is -0.274. The Balaban J connectivity index is 0.000000143. The van der Waals surface area contributed by atoms with Crippen molar-refractivity contribution in [2.24, 2.45) is 0 Å². The molecule has 4 aliphatic heterocycles. The largest absolute Gasteiger partial charge is 0.348 e. The molecule has 4 heterocycles. The molecule has 4 aromatic rings. The molecule has 8 nitrogen and oxygen atoms in total. The normalized spacial score (nSPS) is 15.9. The molecule has 4 amide bonds. The first kappa shape index (κ1) is 41.8. The minimum absolute atomic E-state index is 0.0612. The van der Waals surface area contributed by atoms with E-state index >= 15 is 0 Å². The third-order valence-electron chi connectivity index (χ3n) is 10.5. The molecule has 0 aromatic heterocycles. The quantitative estimate of drug-likeness (QED) is 0.167. The van der Waals surface area contributed by atoms with Gasteiger partial charge in [-0.1, -0.05) is 86.6 Å². The van der Waals surface area contributed by atoms with Crippen LogP contribution in [0.2, 0.25) is 0 Å². The van der Waals surface area contributed by atoms with Crippen molar-refractivity contribution in [1.29, 1.82) is 0 Å². The number of nitrogens with one attached hydrogen (secondary N) is 4. The topological polar surface area (TPSA) is 116 Å². The van der Waals surface area contributed by atoms with E-state index in [1.807, 2.05) is 52.8 Å². The maximum absolute atomic E-state index is 13.5. The van der Waals surface area contributed by atoms with Crippen LogP contribution < -0.4 is 21.3 Å². The molecule has 4 aromatic carbocycles. The van der Waals surface area contributed by atoms with Crippen molar-refractivity contribution >= 4 is 23.6 Å². The van der Waals surface area contributed by atoms with E-state index in [1.54, 1.807) is 12.1 Å². The Bertz CT molecular complexity index is 2180. The lowest BCUT2D eigenvalue weighted by atomic mass is 9.85. The number of amides is 4. The highest BCUT2D eigenvalue weighted by atomic mass is 19.1. The van der Waals surface area contributed by atoms with Gasteiger partial charge in [-0.3, -0.25) is 19.2 Å². The molecule has 8 rings (SSSR count). The zero-order chi connectivity index (χ0) is 41.2. The summed E-state index contributed by atoms with van der Waals surface area (Å²) in [4.78, 5) is 45.6. The number of benzene rings is 4. The zero-order valence-electron chi connectivity index (χ0n) is 34.1. The van der Waals surface area contributed by atoms with Crippen LogP contribution in [-0.2, 0) is 25.0 Å². The van der Waals surface area contributed by atoms with Crippen molar-refractivity contribution in [3.8, 4) is 0 Å². The van der Waals surface area contributed by atoms with Crippen LogP contribution >= 0.6 is 0 Å². The number of hydrogen-bond acceptors (Lipinski definition) is 4. The highest BCUT2D eigenvalue weighted by Crippen LogP contribution is 2.29. The van der Waals surface area contributed by atoms with E-state index in [0.29, 0.717) is 47.8 Å². The fourth-order valence-corrected chi connectivity index (χ4v) is 6.88. The second-order valence-electron chi connectivity index (χ2n) is 16.7. The number of fused-ring (bicyclic) bond motifs is 4. The third-order valence-corrected chi connectivity index (χ3v) is 10.5. The molecule has 4 N–H and O–H groups in total. The van der Waals surface area contributed by atoms with Crippen LogP contribution in [0.3, 0.4) is 0 Å². The summed E-state index contributed by atoms with van der Waals surface area (Å²) in [7, 11) is 0. The molecule has 0 saturated heterocycles. The smallest absolute Gasteiger partial charge is 0.252 e. The highest BCUT2D eigenvalue weighted by molar-refractivity contribution is 6.00. The van der Waals surface area contributed by atoms with Crippen molar-refractivity contribution < 1.29 is 28.0 Å². The highest BCUT2D eigenvalue weighted by Gasteiger charge is 2.26. The van der Waals surface area contributed by atoms with Crippen LogP contribution in [0.15, 0.2) is 60.7 Å². The Morgan fingerprint density at radius 3 is 1.75 bits per heavy atom. The predicted octanol–water partition coefficient (Wildman–Crippen LogP) is 9.23.